The molecule has 1 aromatic heterocycles. The van der Waals surface area contributed by atoms with Gasteiger partial charge in [-0.25, -0.2) is 4.99 Å². The first-order chi connectivity index (χ1) is 12.1. The van der Waals surface area contributed by atoms with Gasteiger partial charge in [0.25, 0.3) is 0 Å². The molecule has 1 aromatic carbocycles. The normalized spacial score (nSPS) is 11.4. The van der Waals surface area contributed by atoms with Crippen LogP contribution < -0.4 is 15.4 Å². The first-order valence-corrected chi connectivity index (χ1v) is 8.84. The zero-order valence-corrected chi connectivity index (χ0v) is 15.7. The van der Waals surface area contributed by atoms with E-state index >= 15 is 0 Å². The van der Waals surface area contributed by atoms with Crippen LogP contribution in [0.25, 0.3) is 0 Å². The maximum absolute atomic E-state index is 5.88. The summed E-state index contributed by atoms with van der Waals surface area (Å²) >= 11 is 0. The molecule has 0 unspecified atom stereocenters. The molecular formula is C19H29N5O. The number of rotatable bonds is 8. The van der Waals surface area contributed by atoms with E-state index in [0.717, 1.165) is 42.4 Å². The highest BCUT2D eigenvalue weighted by Gasteiger charge is 2.06. The minimum Gasteiger partial charge on any atom is -0.493 e. The smallest absolute Gasteiger partial charge is 0.191 e. The van der Waals surface area contributed by atoms with Crippen molar-refractivity contribution in [3.8, 4) is 5.75 Å². The van der Waals surface area contributed by atoms with Crippen molar-refractivity contribution in [2.75, 3.05) is 13.2 Å². The molecule has 0 aliphatic carbocycles. The highest BCUT2D eigenvalue weighted by atomic mass is 16.5. The number of ether oxygens (including phenoxy) is 1. The lowest BCUT2D eigenvalue weighted by Gasteiger charge is -2.15. The maximum atomic E-state index is 5.88. The fourth-order valence-corrected chi connectivity index (χ4v) is 2.40. The Balaban J connectivity index is 2.02. The van der Waals surface area contributed by atoms with Crippen LogP contribution in [0, 0.1) is 6.92 Å². The predicted molar refractivity (Wildman–Crippen MR) is 102 cm³/mol. The molecule has 0 aliphatic heterocycles. The van der Waals surface area contributed by atoms with Gasteiger partial charge in [-0.05, 0) is 31.9 Å². The van der Waals surface area contributed by atoms with Crippen LogP contribution in [0.15, 0.2) is 35.6 Å². The molecule has 0 saturated carbocycles. The van der Waals surface area contributed by atoms with Gasteiger partial charge in [0.2, 0.25) is 0 Å². The van der Waals surface area contributed by atoms with Gasteiger partial charge in [0, 0.05) is 37.5 Å². The SMILES string of the molecule is CCCOc1cc(C)ccc1CNC(=NCc1cnn(C)c1)NCC. The lowest BCUT2D eigenvalue weighted by atomic mass is 10.1. The molecule has 0 amide bonds. The summed E-state index contributed by atoms with van der Waals surface area (Å²) in [6.45, 7) is 9.05. The van der Waals surface area contributed by atoms with Gasteiger partial charge in [0.1, 0.15) is 5.75 Å². The second-order valence-electron chi connectivity index (χ2n) is 6.03. The van der Waals surface area contributed by atoms with Crippen molar-refractivity contribution in [3.05, 3.63) is 47.3 Å². The van der Waals surface area contributed by atoms with E-state index in [9.17, 15) is 0 Å². The molecule has 2 aromatic rings. The number of hydrogen-bond acceptors (Lipinski definition) is 3. The van der Waals surface area contributed by atoms with Crippen molar-refractivity contribution >= 4 is 5.96 Å². The van der Waals surface area contributed by atoms with Gasteiger partial charge in [0.15, 0.2) is 5.96 Å². The highest BCUT2D eigenvalue weighted by molar-refractivity contribution is 5.79. The molecule has 0 spiro atoms. The van der Waals surface area contributed by atoms with Gasteiger partial charge < -0.3 is 15.4 Å². The largest absolute Gasteiger partial charge is 0.493 e. The highest BCUT2D eigenvalue weighted by Crippen LogP contribution is 2.20. The van der Waals surface area contributed by atoms with Crippen LogP contribution in [-0.4, -0.2) is 28.9 Å². The third-order valence-corrected chi connectivity index (χ3v) is 3.65. The minimum absolute atomic E-state index is 0.594. The average molecular weight is 343 g/mol. The van der Waals surface area contributed by atoms with Gasteiger partial charge in [0.05, 0.1) is 19.3 Å². The Hall–Kier alpha value is -2.50. The number of aryl methyl sites for hydroxylation is 2. The zero-order valence-electron chi connectivity index (χ0n) is 15.7. The maximum Gasteiger partial charge on any atom is 0.191 e. The van der Waals surface area contributed by atoms with Crippen molar-refractivity contribution in [1.29, 1.82) is 0 Å². The standard InChI is InChI=1S/C19H29N5O/c1-5-9-25-18-10-15(3)7-8-17(18)13-22-19(20-6-2)21-11-16-12-23-24(4)14-16/h7-8,10,12,14H,5-6,9,11,13H2,1-4H3,(H2,20,21,22). The Morgan fingerprint density at radius 3 is 2.80 bits per heavy atom. The summed E-state index contributed by atoms with van der Waals surface area (Å²) in [7, 11) is 1.91. The second-order valence-corrected chi connectivity index (χ2v) is 6.03. The van der Waals surface area contributed by atoms with Gasteiger partial charge >= 0.3 is 0 Å². The first kappa shape index (κ1) is 18.8. The topological polar surface area (TPSA) is 63.5 Å². The van der Waals surface area contributed by atoms with E-state index < -0.39 is 0 Å². The second kappa shape index (κ2) is 9.71. The van der Waals surface area contributed by atoms with Gasteiger partial charge in [-0.2, -0.15) is 5.10 Å². The number of aromatic nitrogens is 2. The van der Waals surface area contributed by atoms with Crippen LogP contribution in [0.3, 0.4) is 0 Å². The van der Waals surface area contributed by atoms with Gasteiger partial charge in [-0.1, -0.05) is 19.1 Å². The number of nitrogens with one attached hydrogen (secondary N) is 2. The summed E-state index contributed by atoms with van der Waals surface area (Å²) in [5, 5.41) is 10.8. The van der Waals surface area contributed by atoms with E-state index in [1.54, 1.807) is 4.68 Å². The van der Waals surface area contributed by atoms with E-state index in [-0.39, 0.29) is 0 Å². The van der Waals surface area contributed by atoms with Crippen molar-refractivity contribution in [2.45, 2.75) is 40.3 Å². The molecular weight excluding hydrogens is 314 g/mol. The van der Waals surface area contributed by atoms with Crippen molar-refractivity contribution in [1.82, 2.24) is 20.4 Å². The molecule has 0 bridgehead atoms. The zero-order chi connectivity index (χ0) is 18.1. The van der Waals surface area contributed by atoms with E-state index in [4.69, 9.17) is 4.74 Å². The van der Waals surface area contributed by atoms with Crippen molar-refractivity contribution in [2.24, 2.45) is 12.0 Å². The summed E-state index contributed by atoms with van der Waals surface area (Å²) in [6.07, 6.45) is 4.81. The summed E-state index contributed by atoms with van der Waals surface area (Å²) in [5.74, 6) is 1.73. The van der Waals surface area contributed by atoms with Crippen LogP contribution >= 0.6 is 0 Å². The average Bonchev–Trinajstić information content (AvgIpc) is 3.02. The van der Waals surface area contributed by atoms with Crippen LogP contribution in [-0.2, 0) is 20.1 Å². The predicted octanol–water partition coefficient (Wildman–Crippen LogP) is 2.77. The third-order valence-electron chi connectivity index (χ3n) is 3.65. The molecule has 0 fully saturated rings. The summed E-state index contributed by atoms with van der Waals surface area (Å²) in [4.78, 5) is 4.62. The fourth-order valence-electron chi connectivity index (χ4n) is 2.40. The number of nitrogens with zero attached hydrogens (tertiary/aromatic N) is 3. The van der Waals surface area contributed by atoms with Gasteiger partial charge in [-0.3, -0.25) is 4.68 Å². The van der Waals surface area contributed by atoms with E-state index in [2.05, 4.69) is 59.7 Å². The monoisotopic (exact) mass is 343 g/mol. The molecule has 0 aliphatic rings. The lowest BCUT2D eigenvalue weighted by Crippen LogP contribution is -2.36. The molecule has 2 rings (SSSR count). The Labute approximate surface area is 150 Å². The van der Waals surface area contributed by atoms with Crippen LogP contribution in [0.4, 0.5) is 0 Å². The minimum atomic E-state index is 0.594. The lowest BCUT2D eigenvalue weighted by molar-refractivity contribution is 0.313. The fraction of sp³-hybridized carbons (Fsp3) is 0.474. The summed E-state index contributed by atoms with van der Waals surface area (Å²) in [5.41, 5.74) is 3.42. The number of benzene rings is 1. The van der Waals surface area contributed by atoms with Crippen LogP contribution in [0.2, 0.25) is 0 Å². The van der Waals surface area contributed by atoms with E-state index in [0.29, 0.717) is 13.1 Å². The molecule has 0 radical (unpaired) electrons. The summed E-state index contributed by atoms with van der Waals surface area (Å²) in [6, 6.07) is 6.31. The Morgan fingerprint density at radius 2 is 2.12 bits per heavy atom. The molecule has 136 valence electrons. The van der Waals surface area contributed by atoms with Crippen LogP contribution in [0.1, 0.15) is 37.0 Å². The number of guanidine groups is 1. The van der Waals surface area contributed by atoms with Crippen LogP contribution in [0.5, 0.6) is 5.75 Å². The van der Waals surface area contributed by atoms with Crippen molar-refractivity contribution < 1.29 is 4.74 Å². The number of aliphatic imine (C=N–C) groups is 1. The molecule has 0 atom stereocenters. The molecule has 6 heteroatoms. The Kier molecular flexibility index (Phi) is 7.32. The molecule has 6 nitrogen and oxygen atoms in total. The molecule has 2 N–H and O–H groups in total. The quantitative estimate of drug-likeness (QED) is 0.571. The van der Waals surface area contributed by atoms with Crippen molar-refractivity contribution in [3.63, 3.8) is 0 Å². The molecule has 1 heterocycles. The summed E-state index contributed by atoms with van der Waals surface area (Å²) < 4.78 is 7.67. The number of hydrogen-bond donors (Lipinski definition) is 2. The first-order valence-electron chi connectivity index (χ1n) is 8.84. The Bertz CT molecular complexity index is 693. The molecule has 0 saturated heterocycles. The van der Waals surface area contributed by atoms with Gasteiger partial charge in [-0.15, -0.1) is 0 Å². The third kappa shape index (κ3) is 6.14. The van der Waals surface area contributed by atoms with E-state index in [1.807, 2.05) is 19.4 Å². The Morgan fingerprint density at radius 1 is 1.28 bits per heavy atom. The molecule has 25 heavy (non-hydrogen) atoms. The van der Waals surface area contributed by atoms with E-state index in [1.165, 1.54) is 5.56 Å².